The molecule has 1 aromatic carbocycles. The molecule has 0 radical (unpaired) electrons. The van der Waals surface area contributed by atoms with Crippen LogP contribution in [0.2, 0.25) is 0 Å². The molecule has 29 heavy (non-hydrogen) atoms. The lowest BCUT2D eigenvalue weighted by atomic mass is 9.94. The van der Waals surface area contributed by atoms with E-state index >= 15 is 0 Å². The van der Waals surface area contributed by atoms with E-state index in [0.717, 1.165) is 11.3 Å². The van der Waals surface area contributed by atoms with Gasteiger partial charge in [-0.25, -0.2) is 0 Å². The molecule has 0 aromatic heterocycles. The molecule has 3 amide bonds. The number of esters is 1. The Morgan fingerprint density at radius 2 is 1.76 bits per heavy atom. The van der Waals surface area contributed by atoms with Crippen LogP contribution in [0, 0.1) is 18.8 Å². The van der Waals surface area contributed by atoms with Gasteiger partial charge in [0.15, 0.2) is 0 Å². The van der Waals surface area contributed by atoms with Gasteiger partial charge in [-0.05, 0) is 31.9 Å². The molecule has 156 valence electrons. The monoisotopic (exact) mass is 401 g/mol. The van der Waals surface area contributed by atoms with Crippen molar-refractivity contribution in [2.75, 3.05) is 38.2 Å². The van der Waals surface area contributed by atoms with Crippen LogP contribution in [0.1, 0.15) is 24.8 Å². The number of piperidine rings is 1. The van der Waals surface area contributed by atoms with Crippen molar-refractivity contribution in [1.82, 2.24) is 10.2 Å². The third-order valence-corrected chi connectivity index (χ3v) is 5.63. The Hall–Kier alpha value is -2.90. The number of hydrogen-bond acceptors (Lipinski definition) is 5. The number of nitrogens with one attached hydrogen (secondary N) is 1. The van der Waals surface area contributed by atoms with Crippen LogP contribution >= 0.6 is 0 Å². The molecule has 0 spiro atoms. The fraction of sp³-hybridized carbons (Fsp3) is 0.524. The van der Waals surface area contributed by atoms with Gasteiger partial charge in [-0.1, -0.05) is 17.7 Å². The normalized spacial score (nSPS) is 19.9. The Kier molecular flexibility index (Phi) is 6.51. The van der Waals surface area contributed by atoms with E-state index in [2.05, 4.69) is 10.1 Å². The molecule has 0 saturated carbocycles. The largest absolute Gasteiger partial charge is 0.468 e. The zero-order valence-corrected chi connectivity index (χ0v) is 16.8. The van der Waals surface area contributed by atoms with E-state index < -0.39 is 5.97 Å². The van der Waals surface area contributed by atoms with Gasteiger partial charge in [0, 0.05) is 37.7 Å². The number of hydrogen-bond donors (Lipinski definition) is 1. The van der Waals surface area contributed by atoms with Gasteiger partial charge in [0.05, 0.1) is 13.0 Å². The summed E-state index contributed by atoms with van der Waals surface area (Å²) in [4.78, 5) is 52.0. The smallest absolute Gasteiger partial charge is 0.325 e. The van der Waals surface area contributed by atoms with Crippen molar-refractivity contribution in [3.05, 3.63) is 29.8 Å². The summed E-state index contributed by atoms with van der Waals surface area (Å²) in [7, 11) is 1.27. The predicted octanol–water partition coefficient (Wildman–Crippen LogP) is 0.876. The molecule has 8 heteroatoms. The van der Waals surface area contributed by atoms with E-state index in [1.807, 2.05) is 31.2 Å². The van der Waals surface area contributed by atoms with Crippen LogP contribution < -0.4 is 10.2 Å². The van der Waals surface area contributed by atoms with E-state index in [-0.39, 0.29) is 42.5 Å². The SMILES string of the molecule is COC(=O)CNC(=O)C1CCN(C(=O)[C@H]2CC(=O)N(c3ccc(C)cc3)C2)CC1. The second-order valence-corrected chi connectivity index (χ2v) is 7.63. The molecule has 0 bridgehead atoms. The number of benzene rings is 1. The number of nitrogens with zero attached hydrogens (tertiary/aromatic N) is 2. The molecule has 0 aliphatic carbocycles. The molecular weight excluding hydrogens is 374 g/mol. The van der Waals surface area contributed by atoms with Crippen LogP contribution in [-0.4, -0.2) is 61.9 Å². The summed E-state index contributed by atoms with van der Waals surface area (Å²) in [5.41, 5.74) is 1.93. The Bertz CT molecular complexity index is 784. The average molecular weight is 401 g/mol. The quantitative estimate of drug-likeness (QED) is 0.739. The fourth-order valence-corrected chi connectivity index (χ4v) is 3.84. The minimum Gasteiger partial charge on any atom is -0.468 e. The van der Waals surface area contributed by atoms with Crippen LogP contribution in [0.25, 0.3) is 0 Å². The molecule has 1 atom stereocenters. The number of methoxy groups -OCH3 is 1. The number of carbonyl (C=O) groups excluding carboxylic acids is 4. The van der Waals surface area contributed by atoms with Gasteiger partial charge in [-0.3, -0.25) is 19.2 Å². The molecule has 1 aromatic rings. The van der Waals surface area contributed by atoms with Crippen LogP contribution in [-0.2, 0) is 23.9 Å². The summed E-state index contributed by atoms with van der Waals surface area (Å²) in [5, 5.41) is 2.57. The van der Waals surface area contributed by atoms with Crippen molar-refractivity contribution >= 4 is 29.4 Å². The standard InChI is InChI=1S/C21H27N3O5/c1-14-3-5-17(6-4-14)24-13-16(11-18(24)25)21(28)23-9-7-15(8-10-23)20(27)22-12-19(26)29-2/h3-6,15-16H,7-13H2,1-2H3,(H,22,27)/t16-/m0/s1. The highest BCUT2D eigenvalue weighted by Gasteiger charge is 2.38. The van der Waals surface area contributed by atoms with Crippen LogP contribution in [0.15, 0.2) is 24.3 Å². The van der Waals surface area contributed by atoms with Crippen molar-refractivity contribution in [2.24, 2.45) is 11.8 Å². The van der Waals surface area contributed by atoms with Crippen molar-refractivity contribution in [3.8, 4) is 0 Å². The van der Waals surface area contributed by atoms with E-state index in [1.165, 1.54) is 7.11 Å². The van der Waals surface area contributed by atoms with Crippen molar-refractivity contribution in [3.63, 3.8) is 0 Å². The Balaban J connectivity index is 1.50. The van der Waals surface area contributed by atoms with Crippen molar-refractivity contribution < 1.29 is 23.9 Å². The molecule has 2 aliphatic rings. The second-order valence-electron chi connectivity index (χ2n) is 7.63. The van der Waals surface area contributed by atoms with Gasteiger partial charge in [0.1, 0.15) is 6.54 Å². The molecule has 1 N–H and O–H groups in total. The molecule has 2 fully saturated rings. The molecule has 3 rings (SSSR count). The van der Waals surface area contributed by atoms with Gasteiger partial charge in [0.25, 0.3) is 0 Å². The maximum Gasteiger partial charge on any atom is 0.325 e. The first-order chi connectivity index (χ1) is 13.9. The fourth-order valence-electron chi connectivity index (χ4n) is 3.84. The highest BCUT2D eigenvalue weighted by atomic mass is 16.5. The summed E-state index contributed by atoms with van der Waals surface area (Å²) in [6.07, 6.45) is 1.30. The molecule has 8 nitrogen and oxygen atoms in total. The van der Waals surface area contributed by atoms with Crippen LogP contribution in [0.4, 0.5) is 5.69 Å². The highest BCUT2D eigenvalue weighted by molar-refractivity contribution is 6.00. The summed E-state index contributed by atoms with van der Waals surface area (Å²) >= 11 is 0. The third kappa shape index (κ3) is 4.93. The van der Waals surface area contributed by atoms with Crippen molar-refractivity contribution in [1.29, 1.82) is 0 Å². The minimum atomic E-state index is -0.491. The lowest BCUT2D eigenvalue weighted by molar-refractivity contribution is -0.142. The minimum absolute atomic E-state index is 0.0265. The number of aryl methyl sites for hydroxylation is 1. The van der Waals surface area contributed by atoms with Gasteiger partial charge < -0.3 is 19.9 Å². The van der Waals surface area contributed by atoms with Gasteiger partial charge in [-0.15, -0.1) is 0 Å². The topological polar surface area (TPSA) is 96.0 Å². The van der Waals surface area contributed by atoms with E-state index in [1.54, 1.807) is 9.80 Å². The first-order valence-corrected chi connectivity index (χ1v) is 9.89. The predicted molar refractivity (Wildman–Crippen MR) is 106 cm³/mol. The molecule has 2 heterocycles. The Morgan fingerprint density at radius 3 is 2.38 bits per heavy atom. The maximum atomic E-state index is 12.9. The number of ether oxygens (including phenoxy) is 1. The maximum absolute atomic E-state index is 12.9. The van der Waals surface area contributed by atoms with E-state index in [0.29, 0.717) is 32.5 Å². The van der Waals surface area contributed by atoms with Crippen molar-refractivity contribution in [2.45, 2.75) is 26.2 Å². The third-order valence-electron chi connectivity index (χ3n) is 5.63. The zero-order valence-electron chi connectivity index (χ0n) is 16.8. The molecule has 2 saturated heterocycles. The number of carbonyl (C=O) groups is 4. The lowest BCUT2D eigenvalue weighted by Gasteiger charge is -2.32. The van der Waals surface area contributed by atoms with Crippen LogP contribution in [0.5, 0.6) is 0 Å². The first-order valence-electron chi connectivity index (χ1n) is 9.89. The summed E-state index contributed by atoms with van der Waals surface area (Å²) in [5.74, 6) is -1.32. The number of likely N-dealkylation sites (tertiary alicyclic amines) is 1. The second kappa shape index (κ2) is 9.07. The zero-order chi connectivity index (χ0) is 21.0. The molecule has 0 unspecified atom stereocenters. The average Bonchev–Trinajstić information content (AvgIpc) is 3.13. The number of anilines is 1. The Labute approximate surface area is 170 Å². The lowest BCUT2D eigenvalue weighted by Crippen LogP contribution is -2.46. The summed E-state index contributed by atoms with van der Waals surface area (Å²) in [6, 6.07) is 7.71. The van der Waals surface area contributed by atoms with Gasteiger partial charge >= 0.3 is 5.97 Å². The Morgan fingerprint density at radius 1 is 1.10 bits per heavy atom. The van der Waals surface area contributed by atoms with E-state index in [9.17, 15) is 19.2 Å². The summed E-state index contributed by atoms with van der Waals surface area (Å²) in [6.45, 7) is 3.18. The van der Waals surface area contributed by atoms with E-state index in [4.69, 9.17) is 0 Å². The first kappa shape index (κ1) is 20.8. The summed E-state index contributed by atoms with van der Waals surface area (Å²) < 4.78 is 4.51. The highest BCUT2D eigenvalue weighted by Crippen LogP contribution is 2.28. The molecule has 2 aliphatic heterocycles. The van der Waals surface area contributed by atoms with Gasteiger partial charge in [-0.2, -0.15) is 0 Å². The van der Waals surface area contributed by atoms with Gasteiger partial charge in [0.2, 0.25) is 17.7 Å². The number of rotatable bonds is 5. The molecular formula is C21H27N3O5. The van der Waals surface area contributed by atoms with Crippen LogP contribution in [0.3, 0.4) is 0 Å². The number of amides is 3.